The van der Waals surface area contributed by atoms with Gasteiger partial charge in [0.25, 0.3) is 5.91 Å². The molecule has 2 aromatic carbocycles. The minimum absolute atomic E-state index is 0.00590. The first-order valence-electron chi connectivity index (χ1n) is 13.1. The van der Waals surface area contributed by atoms with E-state index in [0.29, 0.717) is 37.4 Å². The van der Waals surface area contributed by atoms with E-state index in [1.165, 1.54) is 0 Å². The number of carbonyl (C=O) groups is 2. The second-order valence-electron chi connectivity index (χ2n) is 9.99. The van der Waals surface area contributed by atoms with E-state index in [4.69, 9.17) is 9.47 Å². The molecule has 5 rings (SSSR count). The molecule has 3 aliphatic rings. The lowest BCUT2D eigenvalue weighted by molar-refractivity contribution is -0.121. The fourth-order valence-corrected chi connectivity index (χ4v) is 5.64. The van der Waals surface area contributed by atoms with Crippen LogP contribution in [-0.4, -0.2) is 98.0 Å². The third kappa shape index (κ3) is 5.89. The van der Waals surface area contributed by atoms with Gasteiger partial charge in [0.15, 0.2) is 0 Å². The number of β-amino-alcohol motifs (C(OH)–C–C–N with tert-alkyl or cyclic N) is 1. The number of amides is 2. The second kappa shape index (κ2) is 11.5. The molecule has 3 saturated heterocycles. The number of hydrogen-bond donors (Lipinski definition) is 2. The Kier molecular flexibility index (Phi) is 7.93. The summed E-state index contributed by atoms with van der Waals surface area (Å²) in [4.78, 5) is 32.5. The molecule has 9 heteroatoms. The van der Waals surface area contributed by atoms with Crippen molar-refractivity contribution < 1.29 is 24.2 Å². The number of nitrogens with one attached hydrogen (secondary N) is 1. The van der Waals surface area contributed by atoms with E-state index in [0.717, 1.165) is 50.5 Å². The molecule has 3 aliphatic heterocycles. The van der Waals surface area contributed by atoms with Crippen molar-refractivity contribution in [3.8, 4) is 5.75 Å². The molecule has 0 radical (unpaired) electrons. The van der Waals surface area contributed by atoms with Gasteiger partial charge in [0.05, 0.1) is 32.5 Å². The predicted molar refractivity (Wildman–Crippen MR) is 141 cm³/mol. The van der Waals surface area contributed by atoms with Gasteiger partial charge in [-0.2, -0.15) is 0 Å². The van der Waals surface area contributed by atoms with Crippen molar-refractivity contribution in [2.75, 3.05) is 63.3 Å². The Morgan fingerprint density at radius 3 is 2.46 bits per heavy atom. The number of morpholine rings is 1. The van der Waals surface area contributed by atoms with Crippen molar-refractivity contribution in [2.45, 2.75) is 37.5 Å². The summed E-state index contributed by atoms with van der Waals surface area (Å²) in [7, 11) is 1.59. The summed E-state index contributed by atoms with van der Waals surface area (Å²) in [6.07, 6.45) is 1.41. The smallest absolute Gasteiger partial charge is 0.253 e. The highest BCUT2D eigenvalue weighted by Gasteiger charge is 2.41. The van der Waals surface area contributed by atoms with E-state index in [-0.39, 0.29) is 23.9 Å². The van der Waals surface area contributed by atoms with Crippen LogP contribution in [0.2, 0.25) is 0 Å². The van der Waals surface area contributed by atoms with Crippen molar-refractivity contribution in [1.82, 2.24) is 9.80 Å². The molecule has 9 nitrogen and oxygen atoms in total. The minimum atomic E-state index is -0.532. The van der Waals surface area contributed by atoms with Crippen molar-refractivity contribution in [2.24, 2.45) is 0 Å². The van der Waals surface area contributed by atoms with Gasteiger partial charge in [-0.05, 0) is 61.7 Å². The van der Waals surface area contributed by atoms with Gasteiger partial charge in [-0.15, -0.1) is 0 Å². The molecule has 0 unspecified atom stereocenters. The summed E-state index contributed by atoms with van der Waals surface area (Å²) >= 11 is 0. The molecular formula is C28H36N4O5. The summed E-state index contributed by atoms with van der Waals surface area (Å²) < 4.78 is 10.7. The van der Waals surface area contributed by atoms with Crippen molar-refractivity contribution >= 4 is 23.2 Å². The normalized spacial score (nSPS) is 23.2. The van der Waals surface area contributed by atoms with Crippen LogP contribution in [0, 0.1) is 0 Å². The lowest BCUT2D eigenvalue weighted by Gasteiger charge is -2.39. The lowest BCUT2D eigenvalue weighted by atomic mass is 10.0. The number of methoxy groups -OCH3 is 1. The van der Waals surface area contributed by atoms with Crippen LogP contribution in [0.4, 0.5) is 11.4 Å². The first-order chi connectivity index (χ1) is 18.0. The van der Waals surface area contributed by atoms with Crippen molar-refractivity contribution in [3.05, 3.63) is 54.1 Å². The van der Waals surface area contributed by atoms with Gasteiger partial charge >= 0.3 is 0 Å². The molecule has 3 heterocycles. The first-order valence-corrected chi connectivity index (χ1v) is 13.1. The maximum Gasteiger partial charge on any atom is 0.253 e. The van der Waals surface area contributed by atoms with Gasteiger partial charge in [0.2, 0.25) is 5.91 Å². The number of benzene rings is 2. The second-order valence-corrected chi connectivity index (χ2v) is 9.99. The largest absolute Gasteiger partial charge is 0.497 e. The number of hydrogen-bond acceptors (Lipinski definition) is 7. The van der Waals surface area contributed by atoms with Gasteiger partial charge < -0.3 is 29.7 Å². The summed E-state index contributed by atoms with van der Waals surface area (Å²) in [6.45, 7) is 4.89. The summed E-state index contributed by atoms with van der Waals surface area (Å²) in [6, 6.07) is 14.9. The SMILES string of the molecule is COc1cccc(C(=O)N2CCC(N3C[C@H](O)C[C@H]3C(=O)Nc3ccc(N4CCOCC4)cc3)CC2)c1. The maximum absolute atomic E-state index is 13.3. The number of piperidine rings is 1. The molecule has 0 spiro atoms. The Morgan fingerprint density at radius 1 is 1.03 bits per heavy atom. The number of rotatable bonds is 6. The van der Waals surface area contributed by atoms with E-state index >= 15 is 0 Å². The fraction of sp³-hybridized carbons (Fsp3) is 0.500. The highest BCUT2D eigenvalue weighted by molar-refractivity contribution is 5.95. The van der Waals surface area contributed by atoms with Crippen LogP contribution in [0.5, 0.6) is 5.75 Å². The fourth-order valence-electron chi connectivity index (χ4n) is 5.64. The Labute approximate surface area is 217 Å². The Morgan fingerprint density at radius 2 is 1.76 bits per heavy atom. The lowest BCUT2D eigenvalue weighted by Crippen LogP contribution is -2.51. The molecule has 2 atom stereocenters. The molecule has 0 saturated carbocycles. The van der Waals surface area contributed by atoms with Crippen LogP contribution in [0.1, 0.15) is 29.6 Å². The van der Waals surface area contributed by atoms with E-state index < -0.39 is 6.10 Å². The highest BCUT2D eigenvalue weighted by atomic mass is 16.5. The van der Waals surface area contributed by atoms with Gasteiger partial charge in [-0.25, -0.2) is 0 Å². The third-order valence-corrected chi connectivity index (χ3v) is 7.67. The molecular weight excluding hydrogens is 472 g/mol. The average molecular weight is 509 g/mol. The molecule has 198 valence electrons. The average Bonchev–Trinajstić information content (AvgIpc) is 3.35. The van der Waals surface area contributed by atoms with Crippen molar-refractivity contribution in [3.63, 3.8) is 0 Å². The molecule has 0 aromatic heterocycles. The van der Waals surface area contributed by atoms with Crippen LogP contribution in [0.25, 0.3) is 0 Å². The Balaban J connectivity index is 1.17. The number of aliphatic hydroxyl groups is 1. The Hall–Kier alpha value is -3.14. The number of ether oxygens (including phenoxy) is 2. The molecule has 3 fully saturated rings. The molecule has 37 heavy (non-hydrogen) atoms. The van der Waals surface area contributed by atoms with E-state index in [9.17, 15) is 14.7 Å². The quantitative estimate of drug-likeness (QED) is 0.618. The van der Waals surface area contributed by atoms with E-state index in [1.54, 1.807) is 13.2 Å². The van der Waals surface area contributed by atoms with Gasteiger partial charge in [0.1, 0.15) is 5.75 Å². The molecule has 2 aromatic rings. The zero-order chi connectivity index (χ0) is 25.8. The number of likely N-dealkylation sites (tertiary alicyclic amines) is 2. The maximum atomic E-state index is 13.3. The van der Waals surface area contributed by atoms with Crippen LogP contribution in [0.3, 0.4) is 0 Å². The predicted octanol–water partition coefficient (Wildman–Crippen LogP) is 2.21. The monoisotopic (exact) mass is 508 g/mol. The highest BCUT2D eigenvalue weighted by Crippen LogP contribution is 2.28. The molecule has 0 bridgehead atoms. The summed E-state index contributed by atoms with van der Waals surface area (Å²) in [5.41, 5.74) is 2.49. The summed E-state index contributed by atoms with van der Waals surface area (Å²) in [5, 5.41) is 13.5. The molecule has 2 N–H and O–H groups in total. The molecule has 2 amide bonds. The number of nitrogens with zero attached hydrogens (tertiary/aromatic N) is 3. The zero-order valence-electron chi connectivity index (χ0n) is 21.3. The first kappa shape index (κ1) is 25.5. The zero-order valence-corrected chi connectivity index (χ0v) is 21.3. The van der Waals surface area contributed by atoms with E-state index in [1.807, 2.05) is 47.4 Å². The standard InChI is InChI=1S/C28H36N4O5/c1-36-25-4-2-3-20(17-25)28(35)31-11-9-23(10-12-31)32-19-24(33)18-26(32)27(34)29-21-5-7-22(8-6-21)30-13-15-37-16-14-30/h2-8,17,23-24,26,33H,9-16,18-19H2,1H3,(H,29,34)/t24-,26+/m1/s1. The van der Waals surface area contributed by atoms with Crippen LogP contribution in [0.15, 0.2) is 48.5 Å². The number of carbonyl (C=O) groups excluding carboxylic acids is 2. The van der Waals surface area contributed by atoms with Crippen molar-refractivity contribution in [1.29, 1.82) is 0 Å². The van der Waals surface area contributed by atoms with Crippen LogP contribution < -0.4 is 15.0 Å². The number of anilines is 2. The van der Waals surface area contributed by atoms with Gasteiger partial charge in [-0.3, -0.25) is 14.5 Å². The Bertz CT molecular complexity index is 1080. The van der Waals surface area contributed by atoms with Gasteiger partial charge in [0, 0.05) is 55.7 Å². The minimum Gasteiger partial charge on any atom is -0.497 e. The van der Waals surface area contributed by atoms with Gasteiger partial charge in [-0.1, -0.05) is 6.07 Å². The third-order valence-electron chi connectivity index (χ3n) is 7.67. The van der Waals surface area contributed by atoms with Crippen LogP contribution >= 0.6 is 0 Å². The topological polar surface area (TPSA) is 94.6 Å². The van der Waals surface area contributed by atoms with Crippen LogP contribution in [-0.2, 0) is 9.53 Å². The summed E-state index contributed by atoms with van der Waals surface area (Å²) in [5.74, 6) is 0.565. The molecule has 0 aliphatic carbocycles. The van der Waals surface area contributed by atoms with E-state index in [2.05, 4.69) is 15.1 Å². The number of aliphatic hydroxyl groups excluding tert-OH is 1.